The summed E-state index contributed by atoms with van der Waals surface area (Å²) < 4.78 is 27.5. The molecule has 0 spiro atoms. The second kappa shape index (κ2) is 5.74. The van der Waals surface area contributed by atoms with Crippen LogP contribution in [0.3, 0.4) is 0 Å². The summed E-state index contributed by atoms with van der Waals surface area (Å²) in [6.45, 7) is 6.61. The average Bonchev–Trinajstić information content (AvgIpc) is 3.12. The van der Waals surface area contributed by atoms with E-state index in [0.717, 1.165) is 24.8 Å². The van der Waals surface area contributed by atoms with Crippen LogP contribution in [0.5, 0.6) is 0 Å². The van der Waals surface area contributed by atoms with Gasteiger partial charge in [-0.05, 0) is 43.7 Å². The molecule has 20 heavy (non-hydrogen) atoms. The molecule has 0 radical (unpaired) electrons. The summed E-state index contributed by atoms with van der Waals surface area (Å²) in [6, 6.07) is 5.42. The minimum Gasteiger partial charge on any atom is -0.398 e. The summed E-state index contributed by atoms with van der Waals surface area (Å²) in [4.78, 5) is 0.288. The quantitative estimate of drug-likeness (QED) is 0.821. The zero-order valence-corrected chi connectivity index (χ0v) is 13.3. The standard InChI is InChI=1S/C15H24N2O2S/c1-11(2)9-10-17(13-7-8-13)20(18,19)15-12(3)5-4-6-14(15)16/h4-6,11,13H,7-10,16H2,1-3H3. The van der Waals surface area contributed by atoms with Crippen LogP contribution >= 0.6 is 0 Å². The smallest absolute Gasteiger partial charge is 0.245 e. The van der Waals surface area contributed by atoms with Crippen LogP contribution < -0.4 is 5.73 Å². The molecule has 1 aromatic rings. The van der Waals surface area contributed by atoms with Crippen LogP contribution in [0.25, 0.3) is 0 Å². The Kier molecular flexibility index (Phi) is 4.39. The number of nitrogens with two attached hydrogens (primary N) is 1. The van der Waals surface area contributed by atoms with Crippen molar-refractivity contribution < 1.29 is 8.42 Å². The molecule has 2 N–H and O–H groups in total. The minimum absolute atomic E-state index is 0.165. The fourth-order valence-corrected chi connectivity index (χ4v) is 4.42. The number of sulfonamides is 1. The second-order valence-electron chi connectivity index (χ2n) is 6.02. The average molecular weight is 296 g/mol. The molecule has 0 aliphatic heterocycles. The summed E-state index contributed by atoms with van der Waals surface area (Å²) in [7, 11) is -3.49. The number of rotatable bonds is 6. The van der Waals surface area contributed by atoms with Gasteiger partial charge in [-0.3, -0.25) is 0 Å². The maximum atomic E-state index is 12.9. The normalized spacial score (nSPS) is 16.1. The molecule has 1 saturated carbocycles. The third-order valence-electron chi connectivity index (χ3n) is 3.69. The van der Waals surface area contributed by atoms with Gasteiger partial charge >= 0.3 is 0 Å². The van der Waals surface area contributed by atoms with Crippen molar-refractivity contribution >= 4 is 15.7 Å². The number of aryl methyl sites for hydroxylation is 1. The molecule has 112 valence electrons. The molecule has 2 rings (SSSR count). The lowest BCUT2D eigenvalue weighted by Gasteiger charge is -2.24. The molecule has 1 aromatic carbocycles. The van der Waals surface area contributed by atoms with E-state index in [1.807, 2.05) is 0 Å². The maximum Gasteiger partial charge on any atom is 0.245 e. The number of nitrogens with zero attached hydrogens (tertiary/aromatic N) is 1. The predicted octanol–water partition coefficient (Wildman–Crippen LogP) is 2.78. The molecule has 0 heterocycles. The predicted molar refractivity (Wildman–Crippen MR) is 82.0 cm³/mol. The summed E-state index contributed by atoms with van der Waals surface area (Å²) in [6.07, 6.45) is 2.80. The number of hydrogen-bond donors (Lipinski definition) is 1. The highest BCUT2D eigenvalue weighted by atomic mass is 32.2. The molecule has 1 aliphatic rings. The first-order valence-corrected chi connectivity index (χ1v) is 8.65. The van der Waals surface area contributed by atoms with E-state index in [2.05, 4.69) is 13.8 Å². The lowest BCUT2D eigenvalue weighted by molar-refractivity contribution is 0.373. The molecule has 5 heteroatoms. The van der Waals surface area contributed by atoms with Crippen LogP contribution in [0.2, 0.25) is 0 Å². The minimum atomic E-state index is -3.49. The second-order valence-corrected chi connectivity index (χ2v) is 7.85. The van der Waals surface area contributed by atoms with E-state index < -0.39 is 10.0 Å². The zero-order chi connectivity index (χ0) is 14.9. The third-order valence-corrected chi connectivity index (χ3v) is 5.86. The van der Waals surface area contributed by atoms with Gasteiger partial charge in [-0.25, -0.2) is 8.42 Å². The fraction of sp³-hybridized carbons (Fsp3) is 0.600. The molecule has 4 nitrogen and oxygen atoms in total. The van der Waals surface area contributed by atoms with Gasteiger partial charge in [-0.15, -0.1) is 0 Å². The molecule has 1 aliphatic carbocycles. The van der Waals surface area contributed by atoms with E-state index in [-0.39, 0.29) is 10.9 Å². The number of benzene rings is 1. The van der Waals surface area contributed by atoms with Gasteiger partial charge in [0.05, 0.1) is 5.69 Å². The monoisotopic (exact) mass is 296 g/mol. The van der Waals surface area contributed by atoms with Crippen LogP contribution in [0, 0.1) is 12.8 Å². The highest BCUT2D eigenvalue weighted by Crippen LogP contribution is 2.35. The molecule has 0 aromatic heterocycles. The summed E-state index contributed by atoms with van der Waals surface area (Å²) in [5.74, 6) is 0.487. The lowest BCUT2D eigenvalue weighted by atomic mass is 10.1. The van der Waals surface area contributed by atoms with Crippen molar-refractivity contribution in [2.75, 3.05) is 12.3 Å². The molecular formula is C15H24N2O2S. The summed E-state index contributed by atoms with van der Waals surface area (Å²) >= 11 is 0. The van der Waals surface area contributed by atoms with Gasteiger partial charge in [0.25, 0.3) is 0 Å². The Morgan fingerprint density at radius 1 is 1.35 bits per heavy atom. The largest absolute Gasteiger partial charge is 0.398 e. The molecule has 0 amide bonds. The SMILES string of the molecule is Cc1cccc(N)c1S(=O)(=O)N(CCC(C)C)C1CC1. The molecule has 0 bridgehead atoms. The first-order chi connectivity index (χ1) is 9.34. The highest BCUT2D eigenvalue weighted by molar-refractivity contribution is 7.89. The lowest BCUT2D eigenvalue weighted by Crippen LogP contribution is -2.35. The molecule has 0 unspecified atom stereocenters. The topological polar surface area (TPSA) is 63.4 Å². The number of hydrogen-bond acceptors (Lipinski definition) is 3. The van der Waals surface area contributed by atoms with Crippen molar-refractivity contribution in [2.45, 2.75) is 51.0 Å². The highest BCUT2D eigenvalue weighted by Gasteiger charge is 2.39. The Bertz CT molecular complexity index is 557. The van der Waals surface area contributed by atoms with E-state index in [1.165, 1.54) is 0 Å². The van der Waals surface area contributed by atoms with E-state index in [9.17, 15) is 8.42 Å². The zero-order valence-electron chi connectivity index (χ0n) is 12.5. The van der Waals surface area contributed by atoms with Crippen molar-refractivity contribution in [3.8, 4) is 0 Å². The van der Waals surface area contributed by atoms with E-state index in [1.54, 1.807) is 29.4 Å². The van der Waals surface area contributed by atoms with Gasteiger partial charge in [0.2, 0.25) is 10.0 Å². The van der Waals surface area contributed by atoms with Crippen LogP contribution in [0.15, 0.2) is 23.1 Å². The Morgan fingerprint density at radius 3 is 2.50 bits per heavy atom. The molecular weight excluding hydrogens is 272 g/mol. The first kappa shape index (κ1) is 15.3. The Hall–Kier alpha value is -1.07. The first-order valence-electron chi connectivity index (χ1n) is 7.21. The van der Waals surface area contributed by atoms with Gasteiger partial charge in [0, 0.05) is 12.6 Å². The van der Waals surface area contributed by atoms with Crippen molar-refractivity contribution in [1.82, 2.24) is 4.31 Å². The summed E-state index contributed by atoms with van der Waals surface area (Å²) in [5.41, 5.74) is 6.99. The van der Waals surface area contributed by atoms with Crippen LogP contribution in [0.4, 0.5) is 5.69 Å². The number of anilines is 1. The van der Waals surface area contributed by atoms with Gasteiger partial charge in [0.1, 0.15) is 4.90 Å². The van der Waals surface area contributed by atoms with Crippen molar-refractivity contribution in [1.29, 1.82) is 0 Å². The van der Waals surface area contributed by atoms with E-state index in [4.69, 9.17) is 5.73 Å². The van der Waals surface area contributed by atoms with Gasteiger partial charge < -0.3 is 5.73 Å². The van der Waals surface area contributed by atoms with Crippen molar-refractivity contribution in [2.24, 2.45) is 5.92 Å². The van der Waals surface area contributed by atoms with E-state index >= 15 is 0 Å². The Balaban J connectivity index is 2.35. The van der Waals surface area contributed by atoms with Gasteiger partial charge in [-0.2, -0.15) is 4.31 Å². The van der Waals surface area contributed by atoms with E-state index in [0.29, 0.717) is 18.2 Å². The molecule has 1 fully saturated rings. The molecule has 0 atom stereocenters. The molecule has 0 saturated heterocycles. The summed E-state index contributed by atoms with van der Waals surface area (Å²) in [5, 5.41) is 0. The number of nitrogen functional groups attached to an aromatic ring is 1. The van der Waals surface area contributed by atoms with Gasteiger partial charge in [-0.1, -0.05) is 26.0 Å². The van der Waals surface area contributed by atoms with Crippen molar-refractivity contribution in [3.05, 3.63) is 23.8 Å². The van der Waals surface area contributed by atoms with Crippen LogP contribution in [0.1, 0.15) is 38.7 Å². The van der Waals surface area contributed by atoms with Crippen molar-refractivity contribution in [3.63, 3.8) is 0 Å². The maximum absolute atomic E-state index is 12.9. The van der Waals surface area contributed by atoms with Gasteiger partial charge in [0.15, 0.2) is 0 Å². The Morgan fingerprint density at radius 2 is 2.00 bits per heavy atom. The van der Waals surface area contributed by atoms with Crippen LogP contribution in [-0.2, 0) is 10.0 Å². The third kappa shape index (κ3) is 3.15. The van der Waals surface area contributed by atoms with Crippen LogP contribution in [-0.4, -0.2) is 25.3 Å². The Labute approximate surface area is 122 Å². The fourth-order valence-electron chi connectivity index (χ4n) is 2.39.